The van der Waals surface area contributed by atoms with Crippen molar-refractivity contribution in [2.75, 3.05) is 30.8 Å². The van der Waals surface area contributed by atoms with Crippen LogP contribution < -0.4 is 9.86 Å². The molecular weight excluding hydrogens is 314 g/mol. The highest BCUT2D eigenvalue weighted by molar-refractivity contribution is 7.92. The number of aliphatic hydroxyl groups is 1. The molecule has 120 valence electrons. The molecule has 0 aliphatic rings. The number of carbonyl (C=O) groups is 1. The molecular formula is C12H15N3O6S. The molecule has 0 bridgehead atoms. The number of nitrogens with one attached hydrogen (secondary N) is 1. The van der Waals surface area contributed by atoms with Gasteiger partial charge in [-0.3, -0.25) is 18.7 Å². The average molecular weight is 329 g/mol. The van der Waals surface area contributed by atoms with Gasteiger partial charge in [0.15, 0.2) is 5.56 Å². The second-order valence-electron chi connectivity index (χ2n) is 4.51. The molecule has 0 unspecified atom stereocenters. The van der Waals surface area contributed by atoms with Gasteiger partial charge in [0.2, 0.25) is 10.0 Å². The Morgan fingerprint density at radius 3 is 2.68 bits per heavy atom. The predicted octanol–water partition coefficient (Wildman–Crippen LogP) is -0.827. The number of H-pyrrole nitrogens is 1. The third-order valence-corrected chi connectivity index (χ3v) is 4.21. The number of rotatable bonds is 5. The Hall–Kier alpha value is -2.33. The topological polar surface area (TPSA) is 121 Å². The Morgan fingerprint density at radius 1 is 1.45 bits per heavy atom. The summed E-state index contributed by atoms with van der Waals surface area (Å²) in [7, 11) is -2.44. The quantitative estimate of drug-likeness (QED) is 0.691. The molecule has 0 fully saturated rings. The van der Waals surface area contributed by atoms with Gasteiger partial charge in [0.05, 0.1) is 43.9 Å². The minimum Gasteiger partial charge on any atom is -0.465 e. The Balaban J connectivity index is 2.61. The first kappa shape index (κ1) is 16.0. The van der Waals surface area contributed by atoms with Gasteiger partial charge in [-0.1, -0.05) is 0 Å². The molecule has 2 aromatic rings. The van der Waals surface area contributed by atoms with Crippen molar-refractivity contribution in [3.8, 4) is 0 Å². The van der Waals surface area contributed by atoms with Crippen molar-refractivity contribution < 1.29 is 23.1 Å². The molecule has 0 aliphatic heterocycles. The predicted molar refractivity (Wildman–Crippen MR) is 78.6 cm³/mol. The van der Waals surface area contributed by atoms with Crippen LogP contribution >= 0.6 is 0 Å². The van der Waals surface area contributed by atoms with Crippen LogP contribution in [-0.4, -0.2) is 55.6 Å². The van der Waals surface area contributed by atoms with Crippen molar-refractivity contribution in [3.63, 3.8) is 0 Å². The average Bonchev–Trinajstić information content (AvgIpc) is 2.77. The van der Waals surface area contributed by atoms with Crippen molar-refractivity contribution in [1.82, 2.24) is 9.61 Å². The summed E-state index contributed by atoms with van der Waals surface area (Å²) in [6.07, 6.45) is 2.35. The number of aliphatic hydroxyl groups excluding tert-OH is 1. The maximum atomic E-state index is 11.8. The van der Waals surface area contributed by atoms with Gasteiger partial charge in [-0.05, 0) is 12.1 Å². The molecule has 0 aliphatic carbocycles. The molecule has 0 saturated heterocycles. The molecule has 2 N–H and O–H groups in total. The van der Waals surface area contributed by atoms with E-state index >= 15 is 0 Å². The molecule has 22 heavy (non-hydrogen) atoms. The van der Waals surface area contributed by atoms with E-state index in [1.54, 1.807) is 0 Å². The van der Waals surface area contributed by atoms with Gasteiger partial charge in [-0.25, -0.2) is 13.2 Å². The fraction of sp³-hybridized carbons (Fsp3) is 0.333. The van der Waals surface area contributed by atoms with Crippen molar-refractivity contribution in [3.05, 3.63) is 34.2 Å². The second kappa shape index (κ2) is 5.81. The van der Waals surface area contributed by atoms with Gasteiger partial charge in [0.25, 0.3) is 5.56 Å². The van der Waals surface area contributed by atoms with Crippen LogP contribution in [-0.2, 0) is 14.8 Å². The van der Waals surface area contributed by atoms with Crippen LogP contribution in [0.25, 0.3) is 5.52 Å². The number of ether oxygens (including phenoxy) is 1. The maximum absolute atomic E-state index is 11.8. The van der Waals surface area contributed by atoms with Crippen molar-refractivity contribution in [2.45, 2.75) is 0 Å². The second-order valence-corrected chi connectivity index (χ2v) is 6.42. The van der Waals surface area contributed by atoms with Crippen molar-refractivity contribution in [2.24, 2.45) is 0 Å². The molecule has 2 aromatic heterocycles. The number of aromatic nitrogens is 2. The zero-order chi connectivity index (χ0) is 16.5. The molecule has 0 radical (unpaired) electrons. The minimum absolute atomic E-state index is 0.125. The lowest BCUT2D eigenvalue weighted by Crippen LogP contribution is -2.32. The number of fused-ring (bicyclic) bond motifs is 1. The number of carbonyl (C=O) groups excluding carboxylic acids is 1. The number of nitrogens with zero attached hydrogens (tertiary/aromatic N) is 2. The molecule has 2 heterocycles. The first-order chi connectivity index (χ1) is 10.3. The molecule has 0 atom stereocenters. The van der Waals surface area contributed by atoms with Gasteiger partial charge >= 0.3 is 5.97 Å². The van der Waals surface area contributed by atoms with E-state index in [2.05, 4.69) is 9.84 Å². The Labute approximate surface area is 125 Å². The third-order valence-electron chi connectivity index (χ3n) is 3.02. The summed E-state index contributed by atoms with van der Waals surface area (Å²) < 4.78 is 30.3. The molecule has 0 spiro atoms. The van der Waals surface area contributed by atoms with Crippen LogP contribution in [0.2, 0.25) is 0 Å². The fourth-order valence-corrected chi connectivity index (χ4v) is 3.00. The smallest absolute Gasteiger partial charge is 0.345 e. The monoisotopic (exact) mass is 329 g/mol. The standard InChI is InChI=1S/C12H15N3O6S/c1-21-12(18)10-9-4-3-8(7-14(9)13-11(10)17)15(5-6-16)22(2,19)20/h3-4,7,16H,5-6H2,1-2H3,(H,13,17). The first-order valence-corrected chi connectivity index (χ1v) is 8.05. The van der Waals surface area contributed by atoms with Crippen LogP contribution in [0, 0.1) is 0 Å². The van der Waals surface area contributed by atoms with Crippen LogP contribution in [0.5, 0.6) is 0 Å². The summed E-state index contributed by atoms with van der Waals surface area (Å²) in [6.45, 7) is -0.486. The van der Waals surface area contributed by atoms with Crippen LogP contribution in [0.15, 0.2) is 23.1 Å². The summed E-state index contributed by atoms with van der Waals surface area (Å²) in [6, 6.07) is 2.86. The van der Waals surface area contributed by atoms with Crippen LogP contribution in [0.3, 0.4) is 0 Å². The van der Waals surface area contributed by atoms with Gasteiger partial charge in [-0.15, -0.1) is 0 Å². The number of anilines is 1. The number of hydrogen-bond donors (Lipinski definition) is 2. The van der Waals surface area contributed by atoms with E-state index in [1.807, 2.05) is 0 Å². The van der Waals surface area contributed by atoms with E-state index in [1.165, 1.54) is 22.8 Å². The van der Waals surface area contributed by atoms with E-state index in [9.17, 15) is 18.0 Å². The van der Waals surface area contributed by atoms with E-state index in [0.29, 0.717) is 0 Å². The molecule has 2 rings (SSSR count). The van der Waals surface area contributed by atoms with E-state index in [4.69, 9.17) is 5.11 Å². The minimum atomic E-state index is -3.60. The van der Waals surface area contributed by atoms with E-state index in [0.717, 1.165) is 17.7 Å². The summed E-state index contributed by atoms with van der Waals surface area (Å²) in [5.41, 5.74) is -0.302. The fourth-order valence-electron chi connectivity index (χ4n) is 2.09. The number of sulfonamides is 1. The summed E-state index contributed by atoms with van der Waals surface area (Å²) in [5.74, 6) is -0.785. The van der Waals surface area contributed by atoms with E-state index in [-0.39, 0.29) is 29.9 Å². The molecule has 9 nitrogen and oxygen atoms in total. The third kappa shape index (κ3) is 2.83. The largest absolute Gasteiger partial charge is 0.465 e. The lowest BCUT2D eigenvalue weighted by Gasteiger charge is -2.21. The van der Waals surface area contributed by atoms with Crippen LogP contribution in [0.1, 0.15) is 10.4 Å². The lowest BCUT2D eigenvalue weighted by atomic mass is 10.2. The summed E-state index contributed by atoms with van der Waals surface area (Å²) in [4.78, 5) is 23.4. The molecule has 10 heteroatoms. The molecule has 0 saturated carbocycles. The van der Waals surface area contributed by atoms with E-state index < -0.39 is 21.6 Å². The zero-order valence-corrected chi connectivity index (χ0v) is 12.8. The summed E-state index contributed by atoms with van der Waals surface area (Å²) >= 11 is 0. The number of hydrogen-bond acceptors (Lipinski definition) is 6. The van der Waals surface area contributed by atoms with Gasteiger partial charge in [0, 0.05) is 0 Å². The highest BCUT2D eigenvalue weighted by Crippen LogP contribution is 2.19. The van der Waals surface area contributed by atoms with Gasteiger partial charge < -0.3 is 9.84 Å². The molecule has 0 amide bonds. The normalized spacial score (nSPS) is 11.6. The highest BCUT2D eigenvalue weighted by atomic mass is 32.2. The van der Waals surface area contributed by atoms with Crippen molar-refractivity contribution >= 4 is 27.2 Å². The Bertz CT molecular complexity index is 867. The summed E-state index contributed by atoms with van der Waals surface area (Å²) in [5, 5.41) is 11.4. The number of methoxy groups -OCH3 is 1. The van der Waals surface area contributed by atoms with Gasteiger partial charge in [-0.2, -0.15) is 0 Å². The SMILES string of the molecule is COC(=O)c1c(=O)[nH]n2cc(N(CCO)S(C)(=O)=O)ccc12. The van der Waals surface area contributed by atoms with Crippen molar-refractivity contribution in [1.29, 1.82) is 0 Å². The lowest BCUT2D eigenvalue weighted by molar-refractivity contribution is 0.0601. The Kier molecular flexibility index (Phi) is 4.24. The van der Waals surface area contributed by atoms with Gasteiger partial charge in [0.1, 0.15) is 0 Å². The zero-order valence-electron chi connectivity index (χ0n) is 11.9. The number of esters is 1. The highest BCUT2D eigenvalue weighted by Gasteiger charge is 2.21. The van der Waals surface area contributed by atoms with Crippen LogP contribution in [0.4, 0.5) is 5.69 Å². The number of aromatic amines is 1. The molecule has 0 aromatic carbocycles. The Morgan fingerprint density at radius 2 is 2.14 bits per heavy atom. The maximum Gasteiger partial charge on any atom is 0.345 e. The number of pyridine rings is 1. The first-order valence-electron chi connectivity index (χ1n) is 6.21.